The largest absolute Gasteiger partial charge is 0.591 e. The monoisotopic (exact) mass is 320 g/mol. The second-order valence-corrected chi connectivity index (χ2v) is 7.22. The highest BCUT2D eigenvalue weighted by atomic mass is 35.5. The second kappa shape index (κ2) is 6.43. The molecular formula is C12H14ClFN2O3S. The van der Waals surface area contributed by atoms with E-state index in [0.717, 1.165) is 6.07 Å². The number of anilines is 1. The molecule has 8 heteroatoms. The van der Waals surface area contributed by atoms with Gasteiger partial charge in [-0.15, -0.1) is 0 Å². The highest BCUT2D eigenvalue weighted by Gasteiger charge is 2.26. The Morgan fingerprint density at radius 3 is 2.65 bits per heavy atom. The van der Waals surface area contributed by atoms with E-state index in [2.05, 4.69) is 4.40 Å². The molecule has 0 radical (unpaired) electrons. The lowest BCUT2D eigenvalue weighted by atomic mass is 10.2. The van der Waals surface area contributed by atoms with Gasteiger partial charge in [-0.05, 0) is 32.9 Å². The minimum absolute atomic E-state index is 0.0492. The summed E-state index contributed by atoms with van der Waals surface area (Å²) in [4.78, 5) is 10.5. The summed E-state index contributed by atoms with van der Waals surface area (Å²) < 4.78 is 28.5. The quantitative estimate of drug-likeness (QED) is 0.660. The molecule has 0 unspecified atom stereocenters. The van der Waals surface area contributed by atoms with Crippen LogP contribution in [0.4, 0.5) is 14.9 Å². The standard InChI is InChI=1S/C12H14ClFN2O3S/c1-12(2,3)20(19)15-6-7-4-10(16-11(17)18)9(14)5-8(7)13/h4-6,16H,1-3H3,(H,17,18)/b15-6+/t20-/m0/s1. The lowest BCUT2D eigenvalue weighted by Gasteiger charge is -2.17. The van der Waals surface area contributed by atoms with Crippen LogP contribution in [-0.4, -0.2) is 26.7 Å². The number of amides is 1. The number of hydrogen-bond acceptors (Lipinski definition) is 3. The predicted molar refractivity (Wildman–Crippen MR) is 78.5 cm³/mol. The maximum absolute atomic E-state index is 13.5. The first-order valence-corrected chi connectivity index (χ1v) is 7.05. The van der Waals surface area contributed by atoms with E-state index >= 15 is 0 Å². The highest BCUT2D eigenvalue weighted by molar-refractivity contribution is 7.91. The third kappa shape index (κ3) is 4.66. The summed E-state index contributed by atoms with van der Waals surface area (Å²) >= 11 is 4.34. The Balaban J connectivity index is 3.06. The van der Waals surface area contributed by atoms with E-state index in [9.17, 15) is 13.7 Å². The van der Waals surface area contributed by atoms with Crippen molar-refractivity contribution in [1.82, 2.24) is 0 Å². The molecule has 1 amide bonds. The summed E-state index contributed by atoms with van der Waals surface area (Å²) in [6.45, 7) is 5.26. The zero-order chi connectivity index (χ0) is 15.5. The summed E-state index contributed by atoms with van der Waals surface area (Å²) in [5, 5.41) is 10.5. The van der Waals surface area contributed by atoms with Crippen LogP contribution in [0, 0.1) is 5.82 Å². The summed E-state index contributed by atoms with van der Waals surface area (Å²) in [7, 11) is 0. The van der Waals surface area contributed by atoms with Crippen LogP contribution >= 0.6 is 11.6 Å². The van der Waals surface area contributed by atoms with Crippen LogP contribution < -0.4 is 5.32 Å². The third-order valence-corrected chi connectivity index (χ3v) is 3.81. The van der Waals surface area contributed by atoms with Crippen molar-refractivity contribution in [2.45, 2.75) is 25.5 Å². The SMILES string of the molecule is CC(C)(C)[S@+]([O-])/N=C/c1cc(NC(=O)O)c(F)cc1Cl. The Bertz CT molecular complexity index is 546. The zero-order valence-electron chi connectivity index (χ0n) is 11.1. The first-order valence-electron chi connectivity index (χ1n) is 5.56. The molecule has 1 atom stereocenters. The van der Waals surface area contributed by atoms with Gasteiger partial charge in [-0.1, -0.05) is 16.0 Å². The third-order valence-electron chi connectivity index (χ3n) is 2.14. The van der Waals surface area contributed by atoms with Gasteiger partial charge in [0.25, 0.3) is 0 Å². The van der Waals surface area contributed by atoms with Crippen molar-refractivity contribution in [2.75, 3.05) is 5.32 Å². The number of hydrogen-bond donors (Lipinski definition) is 2. The summed E-state index contributed by atoms with van der Waals surface area (Å²) in [5.74, 6) is -0.800. The Kier molecular flexibility index (Phi) is 5.38. The van der Waals surface area contributed by atoms with Gasteiger partial charge in [-0.2, -0.15) is 0 Å². The van der Waals surface area contributed by atoms with Crippen molar-refractivity contribution in [3.8, 4) is 0 Å². The fourth-order valence-corrected chi connectivity index (χ4v) is 1.86. The van der Waals surface area contributed by atoms with E-state index in [0.29, 0.717) is 0 Å². The Morgan fingerprint density at radius 1 is 1.55 bits per heavy atom. The van der Waals surface area contributed by atoms with E-state index in [4.69, 9.17) is 16.7 Å². The topological polar surface area (TPSA) is 84.8 Å². The maximum Gasteiger partial charge on any atom is 0.409 e. The van der Waals surface area contributed by atoms with Crippen molar-refractivity contribution >= 4 is 41.0 Å². The van der Waals surface area contributed by atoms with Gasteiger partial charge in [0.1, 0.15) is 21.9 Å². The number of carboxylic acid groups (broad SMARTS) is 1. The maximum atomic E-state index is 13.5. The fourth-order valence-electron chi connectivity index (χ4n) is 1.14. The van der Waals surface area contributed by atoms with Crippen molar-refractivity contribution in [3.05, 3.63) is 28.5 Å². The summed E-state index contributed by atoms with van der Waals surface area (Å²) in [5.41, 5.74) is 0.0271. The molecule has 1 aromatic rings. The Labute approximate surface area is 124 Å². The van der Waals surface area contributed by atoms with Gasteiger partial charge in [0.05, 0.1) is 16.9 Å². The van der Waals surface area contributed by atoms with Crippen LogP contribution in [0.3, 0.4) is 0 Å². The van der Waals surface area contributed by atoms with Gasteiger partial charge in [0.15, 0.2) is 0 Å². The number of halogens is 2. The number of carbonyl (C=O) groups is 1. The van der Waals surface area contributed by atoms with E-state index < -0.39 is 28.0 Å². The molecule has 110 valence electrons. The molecule has 0 aromatic heterocycles. The van der Waals surface area contributed by atoms with E-state index in [1.165, 1.54) is 12.3 Å². The van der Waals surface area contributed by atoms with Gasteiger partial charge in [-0.25, -0.2) is 9.18 Å². The van der Waals surface area contributed by atoms with E-state index in [-0.39, 0.29) is 16.3 Å². The minimum atomic E-state index is -1.49. The molecule has 5 nitrogen and oxygen atoms in total. The van der Waals surface area contributed by atoms with E-state index in [1.54, 1.807) is 20.8 Å². The molecule has 0 aliphatic rings. The van der Waals surface area contributed by atoms with Crippen molar-refractivity contribution in [1.29, 1.82) is 0 Å². The molecular weight excluding hydrogens is 307 g/mol. The lowest BCUT2D eigenvalue weighted by molar-refractivity contribution is 0.209. The van der Waals surface area contributed by atoms with Crippen LogP contribution in [0.5, 0.6) is 0 Å². The molecule has 0 saturated heterocycles. The molecule has 0 spiro atoms. The molecule has 0 aliphatic heterocycles. The second-order valence-electron chi connectivity index (χ2n) is 4.88. The minimum Gasteiger partial charge on any atom is -0.591 e. The Hall–Kier alpha value is -1.31. The van der Waals surface area contributed by atoms with Gasteiger partial charge in [0.2, 0.25) is 0 Å². The molecule has 1 rings (SSSR count). The first kappa shape index (κ1) is 16.7. The number of nitrogens with one attached hydrogen (secondary N) is 1. The van der Waals surface area contributed by atoms with Crippen LogP contribution in [0.1, 0.15) is 26.3 Å². The molecule has 0 bridgehead atoms. The predicted octanol–water partition coefficient (Wildman–Crippen LogP) is 3.45. The average molecular weight is 321 g/mol. The molecule has 0 fully saturated rings. The highest BCUT2D eigenvalue weighted by Crippen LogP contribution is 2.24. The van der Waals surface area contributed by atoms with E-state index in [1.807, 2.05) is 5.32 Å². The number of nitrogens with zero attached hydrogens (tertiary/aromatic N) is 1. The molecule has 0 aliphatic carbocycles. The van der Waals surface area contributed by atoms with Crippen LogP contribution in [-0.2, 0) is 11.4 Å². The number of rotatable bonds is 3. The zero-order valence-corrected chi connectivity index (χ0v) is 12.7. The average Bonchev–Trinajstić information content (AvgIpc) is 2.28. The molecule has 2 N–H and O–H groups in total. The normalized spacial score (nSPS) is 13.5. The van der Waals surface area contributed by atoms with Gasteiger partial charge in [0, 0.05) is 5.56 Å². The van der Waals surface area contributed by atoms with Crippen molar-refractivity contribution < 1.29 is 18.8 Å². The summed E-state index contributed by atoms with van der Waals surface area (Å²) in [6.07, 6.45) is -0.164. The van der Waals surface area contributed by atoms with Crippen molar-refractivity contribution in [2.24, 2.45) is 4.40 Å². The molecule has 20 heavy (non-hydrogen) atoms. The lowest BCUT2D eigenvalue weighted by Crippen LogP contribution is -2.25. The first-order chi connectivity index (χ1) is 9.11. The smallest absolute Gasteiger partial charge is 0.409 e. The van der Waals surface area contributed by atoms with Gasteiger partial charge in [-0.3, -0.25) is 5.32 Å². The van der Waals surface area contributed by atoms with Gasteiger partial charge >= 0.3 is 6.09 Å². The Morgan fingerprint density at radius 2 is 2.15 bits per heavy atom. The van der Waals surface area contributed by atoms with Crippen LogP contribution in [0.2, 0.25) is 5.02 Å². The van der Waals surface area contributed by atoms with Crippen LogP contribution in [0.15, 0.2) is 16.5 Å². The van der Waals surface area contributed by atoms with Crippen molar-refractivity contribution in [3.63, 3.8) is 0 Å². The molecule has 1 aromatic carbocycles. The van der Waals surface area contributed by atoms with Crippen LogP contribution in [0.25, 0.3) is 0 Å². The van der Waals surface area contributed by atoms with Gasteiger partial charge < -0.3 is 9.66 Å². The fraction of sp³-hybridized carbons (Fsp3) is 0.333. The molecule has 0 saturated carbocycles. The number of benzene rings is 1. The summed E-state index contributed by atoms with van der Waals surface area (Å²) in [6, 6.07) is 2.16. The molecule has 0 heterocycles.